The molecular formula is C21H23N3O3. The van der Waals surface area contributed by atoms with Crippen LogP contribution < -0.4 is 16.4 Å². The first-order valence-corrected chi connectivity index (χ1v) is 9.37. The maximum absolute atomic E-state index is 12.7. The van der Waals surface area contributed by atoms with E-state index in [1.54, 1.807) is 6.07 Å². The first kappa shape index (κ1) is 17.5. The van der Waals surface area contributed by atoms with Gasteiger partial charge in [0.25, 0.3) is 5.91 Å². The van der Waals surface area contributed by atoms with Gasteiger partial charge in [0.2, 0.25) is 0 Å². The lowest BCUT2D eigenvalue weighted by Crippen LogP contribution is -2.29. The number of benzene rings is 2. The number of piperidine rings is 1. The van der Waals surface area contributed by atoms with E-state index in [0.717, 1.165) is 49.0 Å². The van der Waals surface area contributed by atoms with Crippen molar-refractivity contribution in [2.24, 2.45) is 5.92 Å². The molecule has 0 unspecified atom stereocenters. The van der Waals surface area contributed by atoms with Crippen molar-refractivity contribution >= 4 is 17.0 Å². The standard InChI is InChI=1S/C21H23N3O3/c25-20(23-13-15-5-6-19-18(12-15)24-21(26)27-19)17-4-2-1-3-16(17)11-14-7-9-22-10-8-14/h1-6,12,14,22H,7-11,13H2,(H,23,25)(H,24,26). The zero-order valence-electron chi connectivity index (χ0n) is 15.1. The molecule has 1 aliphatic rings. The van der Waals surface area contributed by atoms with Crippen LogP contribution >= 0.6 is 0 Å². The fourth-order valence-electron chi connectivity index (χ4n) is 3.70. The van der Waals surface area contributed by atoms with Crippen LogP contribution in [0.2, 0.25) is 0 Å². The third-order valence-electron chi connectivity index (χ3n) is 5.17. The van der Waals surface area contributed by atoms with Crippen molar-refractivity contribution in [1.82, 2.24) is 15.6 Å². The molecule has 0 radical (unpaired) electrons. The minimum absolute atomic E-state index is 0.0691. The molecule has 2 heterocycles. The van der Waals surface area contributed by atoms with Gasteiger partial charge < -0.3 is 15.1 Å². The van der Waals surface area contributed by atoms with Crippen molar-refractivity contribution < 1.29 is 9.21 Å². The molecule has 27 heavy (non-hydrogen) atoms. The number of H-pyrrole nitrogens is 1. The van der Waals surface area contributed by atoms with E-state index in [2.05, 4.69) is 21.7 Å². The maximum Gasteiger partial charge on any atom is 0.417 e. The van der Waals surface area contributed by atoms with Gasteiger partial charge in [-0.25, -0.2) is 4.79 Å². The predicted molar refractivity (Wildman–Crippen MR) is 104 cm³/mol. The molecule has 3 aromatic rings. The van der Waals surface area contributed by atoms with E-state index in [4.69, 9.17) is 4.42 Å². The van der Waals surface area contributed by atoms with Crippen molar-refractivity contribution in [1.29, 1.82) is 0 Å². The SMILES string of the molecule is O=C(NCc1ccc2oc(=O)[nH]c2c1)c1ccccc1CC1CCNCC1. The summed E-state index contributed by atoms with van der Waals surface area (Å²) in [6.45, 7) is 2.50. The second-order valence-electron chi connectivity index (χ2n) is 7.08. The molecule has 1 saturated heterocycles. The van der Waals surface area contributed by atoms with E-state index in [-0.39, 0.29) is 5.91 Å². The Morgan fingerprint density at radius 3 is 2.81 bits per heavy atom. The summed E-state index contributed by atoms with van der Waals surface area (Å²) < 4.78 is 5.00. The van der Waals surface area contributed by atoms with E-state index in [9.17, 15) is 9.59 Å². The summed E-state index contributed by atoms with van der Waals surface area (Å²) in [5.41, 5.74) is 3.91. The predicted octanol–water partition coefficient (Wildman–Crippen LogP) is 2.59. The van der Waals surface area contributed by atoms with Crippen LogP contribution in [0.4, 0.5) is 0 Å². The Balaban J connectivity index is 1.44. The van der Waals surface area contributed by atoms with Gasteiger partial charge >= 0.3 is 5.76 Å². The van der Waals surface area contributed by atoms with Crippen LogP contribution in [0.15, 0.2) is 51.7 Å². The third-order valence-corrected chi connectivity index (χ3v) is 5.17. The van der Waals surface area contributed by atoms with Gasteiger partial charge in [-0.15, -0.1) is 0 Å². The summed E-state index contributed by atoms with van der Waals surface area (Å²) in [6, 6.07) is 13.3. The highest BCUT2D eigenvalue weighted by Gasteiger charge is 2.17. The number of carbonyl (C=O) groups excluding carboxylic acids is 1. The average molecular weight is 365 g/mol. The minimum Gasteiger partial charge on any atom is -0.408 e. The monoisotopic (exact) mass is 365 g/mol. The number of oxazole rings is 1. The molecule has 0 spiro atoms. The van der Waals surface area contributed by atoms with Gasteiger partial charge in [-0.05, 0) is 67.6 Å². The Bertz CT molecular complexity index is 999. The smallest absolute Gasteiger partial charge is 0.408 e. The van der Waals surface area contributed by atoms with Gasteiger partial charge in [0.15, 0.2) is 5.58 Å². The highest BCUT2D eigenvalue weighted by molar-refractivity contribution is 5.95. The number of hydrogen-bond donors (Lipinski definition) is 3. The van der Waals surface area contributed by atoms with Gasteiger partial charge in [-0.1, -0.05) is 24.3 Å². The lowest BCUT2D eigenvalue weighted by Gasteiger charge is -2.23. The van der Waals surface area contributed by atoms with Crippen LogP contribution in [-0.2, 0) is 13.0 Å². The lowest BCUT2D eigenvalue weighted by molar-refractivity contribution is 0.0949. The molecule has 1 fully saturated rings. The van der Waals surface area contributed by atoms with E-state index < -0.39 is 5.76 Å². The van der Waals surface area contributed by atoms with Crippen molar-refractivity contribution in [2.45, 2.75) is 25.8 Å². The molecule has 0 saturated carbocycles. The quantitative estimate of drug-likeness (QED) is 0.649. The molecule has 140 valence electrons. The van der Waals surface area contributed by atoms with Crippen molar-refractivity contribution in [3.63, 3.8) is 0 Å². The second kappa shape index (κ2) is 7.80. The molecule has 1 amide bonds. The van der Waals surface area contributed by atoms with Crippen LogP contribution in [0.25, 0.3) is 11.1 Å². The highest BCUT2D eigenvalue weighted by Crippen LogP contribution is 2.21. The highest BCUT2D eigenvalue weighted by atomic mass is 16.4. The maximum atomic E-state index is 12.7. The summed E-state index contributed by atoms with van der Waals surface area (Å²) >= 11 is 0. The van der Waals surface area contributed by atoms with Crippen LogP contribution in [0.5, 0.6) is 0 Å². The molecule has 1 aromatic heterocycles. The zero-order chi connectivity index (χ0) is 18.6. The fourth-order valence-corrected chi connectivity index (χ4v) is 3.70. The van der Waals surface area contributed by atoms with Crippen molar-refractivity contribution in [2.75, 3.05) is 13.1 Å². The number of carbonyl (C=O) groups is 1. The van der Waals surface area contributed by atoms with Crippen LogP contribution in [0.3, 0.4) is 0 Å². The minimum atomic E-state index is -0.474. The van der Waals surface area contributed by atoms with Gasteiger partial charge in [0.1, 0.15) is 0 Å². The summed E-state index contributed by atoms with van der Waals surface area (Å²) in [7, 11) is 0. The normalized spacial score (nSPS) is 15.1. The Kier molecular flexibility index (Phi) is 5.07. The lowest BCUT2D eigenvalue weighted by atomic mass is 9.89. The Hall–Kier alpha value is -2.86. The number of aromatic nitrogens is 1. The summed E-state index contributed by atoms with van der Waals surface area (Å²) in [4.78, 5) is 26.6. The number of aromatic amines is 1. The summed E-state index contributed by atoms with van der Waals surface area (Å²) in [5, 5.41) is 6.37. The second-order valence-corrected chi connectivity index (χ2v) is 7.08. The molecule has 1 aliphatic heterocycles. The molecular weight excluding hydrogens is 342 g/mol. The van der Waals surface area contributed by atoms with Gasteiger partial charge in [0, 0.05) is 12.1 Å². The van der Waals surface area contributed by atoms with E-state index in [1.807, 2.05) is 30.3 Å². The van der Waals surface area contributed by atoms with Crippen LogP contribution in [0.1, 0.15) is 34.3 Å². The number of hydrogen-bond acceptors (Lipinski definition) is 4. The molecule has 0 atom stereocenters. The number of amides is 1. The first-order chi connectivity index (χ1) is 13.2. The van der Waals surface area contributed by atoms with Crippen molar-refractivity contribution in [3.8, 4) is 0 Å². The largest absolute Gasteiger partial charge is 0.417 e. The van der Waals surface area contributed by atoms with E-state index in [1.165, 1.54) is 0 Å². The molecule has 2 aromatic carbocycles. The first-order valence-electron chi connectivity index (χ1n) is 9.37. The third kappa shape index (κ3) is 4.11. The number of nitrogens with one attached hydrogen (secondary N) is 3. The molecule has 0 aliphatic carbocycles. The average Bonchev–Trinajstić information content (AvgIpc) is 3.06. The van der Waals surface area contributed by atoms with E-state index >= 15 is 0 Å². The molecule has 4 rings (SSSR count). The van der Waals surface area contributed by atoms with Crippen LogP contribution in [-0.4, -0.2) is 24.0 Å². The fraction of sp³-hybridized carbons (Fsp3) is 0.333. The topological polar surface area (TPSA) is 87.1 Å². The van der Waals surface area contributed by atoms with Crippen LogP contribution in [0, 0.1) is 5.92 Å². The van der Waals surface area contributed by atoms with E-state index in [0.29, 0.717) is 23.6 Å². The van der Waals surface area contributed by atoms with Gasteiger partial charge in [-0.2, -0.15) is 0 Å². The summed E-state index contributed by atoms with van der Waals surface area (Å²) in [5.74, 6) is 0.0823. The Morgan fingerprint density at radius 1 is 1.15 bits per heavy atom. The zero-order valence-corrected chi connectivity index (χ0v) is 15.1. The molecule has 6 heteroatoms. The van der Waals surface area contributed by atoms with Crippen molar-refractivity contribution in [3.05, 3.63) is 69.7 Å². The number of rotatable bonds is 5. The Morgan fingerprint density at radius 2 is 1.96 bits per heavy atom. The molecule has 3 N–H and O–H groups in total. The molecule has 6 nitrogen and oxygen atoms in total. The van der Waals surface area contributed by atoms with Gasteiger partial charge in [0.05, 0.1) is 5.52 Å². The van der Waals surface area contributed by atoms with Gasteiger partial charge in [-0.3, -0.25) is 9.78 Å². The summed E-state index contributed by atoms with van der Waals surface area (Å²) in [6.07, 6.45) is 3.24. The number of fused-ring (bicyclic) bond motifs is 1. The Labute approximate surface area is 157 Å². The molecule has 0 bridgehead atoms.